The van der Waals surface area contributed by atoms with Gasteiger partial charge in [-0.1, -0.05) is 18.5 Å². The van der Waals surface area contributed by atoms with Gasteiger partial charge < -0.3 is 15.6 Å². The number of rotatable bonds is 5. The molecule has 1 atom stereocenters. The third-order valence-electron chi connectivity index (χ3n) is 3.12. The second-order valence-corrected chi connectivity index (χ2v) is 5.78. The molecule has 108 valence electrons. The fourth-order valence-electron chi connectivity index (χ4n) is 2.09. The van der Waals surface area contributed by atoms with Gasteiger partial charge in [-0.25, -0.2) is 0 Å². The molecular weight excluding hydrogens is 274 g/mol. The second kappa shape index (κ2) is 6.09. The predicted octanol–water partition coefficient (Wildman–Crippen LogP) is 3.21. The molecule has 0 aliphatic heterocycles. The van der Waals surface area contributed by atoms with E-state index in [1.807, 2.05) is 25.3 Å². The van der Waals surface area contributed by atoms with Crippen LogP contribution in [0.5, 0.6) is 0 Å². The van der Waals surface area contributed by atoms with Gasteiger partial charge in [0.25, 0.3) is 5.91 Å². The topological polar surface area (TPSA) is 81.2 Å². The van der Waals surface area contributed by atoms with Crippen molar-refractivity contribution in [3.05, 3.63) is 22.6 Å². The maximum atomic E-state index is 12.4. The van der Waals surface area contributed by atoms with Crippen LogP contribution in [0.25, 0.3) is 10.6 Å². The predicted molar refractivity (Wildman–Crippen MR) is 80.8 cm³/mol. The van der Waals surface area contributed by atoms with Crippen LogP contribution in [0, 0.1) is 6.92 Å². The molecule has 0 saturated heterocycles. The van der Waals surface area contributed by atoms with Crippen LogP contribution in [0.4, 0.5) is 5.88 Å². The lowest BCUT2D eigenvalue weighted by molar-refractivity contribution is 0.0939. The van der Waals surface area contributed by atoms with E-state index < -0.39 is 0 Å². The van der Waals surface area contributed by atoms with Crippen LogP contribution >= 0.6 is 11.3 Å². The zero-order valence-corrected chi connectivity index (χ0v) is 12.7. The van der Waals surface area contributed by atoms with Gasteiger partial charge in [0.05, 0.1) is 4.88 Å². The first-order valence-electron chi connectivity index (χ1n) is 6.65. The Balaban J connectivity index is 2.30. The molecule has 0 radical (unpaired) electrons. The number of aryl methyl sites for hydroxylation is 1. The molecule has 0 aliphatic carbocycles. The van der Waals surface area contributed by atoms with Gasteiger partial charge in [-0.15, -0.1) is 11.3 Å². The Bertz CT molecular complexity index is 603. The smallest absolute Gasteiger partial charge is 0.259 e. The summed E-state index contributed by atoms with van der Waals surface area (Å²) in [7, 11) is 0. The zero-order valence-electron chi connectivity index (χ0n) is 11.9. The Morgan fingerprint density at radius 2 is 2.35 bits per heavy atom. The zero-order chi connectivity index (χ0) is 14.7. The first-order valence-corrected chi connectivity index (χ1v) is 7.53. The van der Waals surface area contributed by atoms with Crippen molar-refractivity contribution in [1.29, 1.82) is 0 Å². The number of amides is 1. The number of nitrogen functional groups attached to an aromatic ring is 1. The summed E-state index contributed by atoms with van der Waals surface area (Å²) >= 11 is 1.52. The molecule has 2 heterocycles. The normalized spacial score (nSPS) is 12.3. The molecule has 1 amide bonds. The van der Waals surface area contributed by atoms with Gasteiger partial charge in [-0.3, -0.25) is 4.79 Å². The molecule has 0 saturated carbocycles. The van der Waals surface area contributed by atoms with Gasteiger partial charge in [-0.05, 0) is 37.3 Å². The highest BCUT2D eigenvalue weighted by Gasteiger charge is 2.24. The van der Waals surface area contributed by atoms with Crippen molar-refractivity contribution in [2.75, 3.05) is 5.73 Å². The van der Waals surface area contributed by atoms with Crippen molar-refractivity contribution in [1.82, 2.24) is 10.5 Å². The highest BCUT2D eigenvalue weighted by Crippen LogP contribution is 2.33. The van der Waals surface area contributed by atoms with Gasteiger partial charge in [0.15, 0.2) is 0 Å². The quantitative estimate of drug-likeness (QED) is 0.887. The molecule has 3 N–H and O–H groups in total. The Morgan fingerprint density at radius 1 is 1.60 bits per heavy atom. The summed E-state index contributed by atoms with van der Waals surface area (Å²) in [4.78, 5) is 13.3. The van der Waals surface area contributed by atoms with Crippen molar-refractivity contribution in [3.63, 3.8) is 0 Å². The number of thiophene rings is 1. The van der Waals surface area contributed by atoms with Gasteiger partial charge in [-0.2, -0.15) is 0 Å². The Hall–Kier alpha value is -1.82. The lowest BCUT2D eigenvalue weighted by atomic mass is 10.1. The summed E-state index contributed by atoms with van der Waals surface area (Å²) in [6.07, 6.45) is 1.93. The summed E-state index contributed by atoms with van der Waals surface area (Å²) in [6, 6.07) is 2.07. The molecule has 1 unspecified atom stereocenters. The summed E-state index contributed by atoms with van der Waals surface area (Å²) in [6.45, 7) is 6.02. The Labute approximate surface area is 122 Å². The maximum Gasteiger partial charge on any atom is 0.259 e. The van der Waals surface area contributed by atoms with Gasteiger partial charge in [0.1, 0.15) is 11.3 Å². The first-order chi connectivity index (χ1) is 9.54. The lowest BCUT2D eigenvalue weighted by Gasteiger charge is -2.12. The molecule has 0 bridgehead atoms. The first kappa shape index (κ1) is 14.6. The van der Waals surface area contributed by atoms with E-state index in [0.29, 0.717) is 11.3 Å². The fourth-order valence-corrected chi connectivity index (χ4v) is 3.01. The van der Waals surface area contributed by atoms with E-state index in [-0.39, 0.29) is 17.8 Å². The van der Waals surface area contributed by atoms with Gasteiger partial charge >= 0.3 is 0 Å². The number of carbonyl (C=O) groups excluding carboxylic acids is 1. The summed E-state index contributed by atoms with van der Waals surface area (Å²) < 4.78 is 5.01. The van der Waals surface area contributed by atoms with Gasteiger partial charge in [0.2, 0.25) is 5.88 Å². The van der Waals surface area contributed by atoms with Crippen molar-refractivity contribution in [3.8, 4) is 10.6 Å². The largest absolute Gasteiger partial charge is 0.367 e. The summed E-state index contributed by atoms with van der Waals surface area (Å²) in [5.74, 6) is -0.165. The molecule has 0 aromatic carbocycles. The SMILES string of the molecule is CCCC(C)NC(=O)c1c(-c2sccc2C)noc1N. The van der Waals surface area contributed by atoms with E-state index in [9.17, 15) is 4.79 Å². The van der Waals surface area contributed by atoms with E-state index in [1.165, 1.54) is 11.3 Å². The molecule has 2 rings (SSSR count). The average Bonchev–Trinajstić information content (AvgIpc) is 2.95. The highest BCUT2D eigenvalue weighted by molar-refractivity contribution is 7.13. The van der Waals surface area contributed by atoms with Crippen molar-refractivity contribution in [2.24, 2.45) is 0 Å². The van der Waals surface area contributed by atoms with E-state index in [1.54, 1.807) is 0 Å². The number of nitrogens with one attached hydrogen (secondary N) is 1. The van der Waals surface area contributed by atoms with Crippen LogP contribution < -0.4 is 11.1 Å². The van der Waals surface area contributed by atoms with Crippen molar-refractivity contribution >= 4 is 23.1 Å². The van der Waals surface area contributed by atoms with Crippen LogP contribution in [0.3, 0.4) is 0 Å². The van der Waals surface area contributed by atoms with E-state index in [4.69, 9.17) is 10.3 Å². The number of nitrogens with two attached hydrogens (primary N) is 1. The Kier molecular flexibility index (Phi) is 4.44. The second-order valence-electron chi connectivity index (χ2n) is 4.87. The minimum Gasteiger partial charge on any atom is -0.367 e. The third kappa shape index (κ3) is 2.85. The molecule has 0 spiro atoms. The molecule has 0 aliphatic rings. The standard InChI is InChI=1S/C14H19N3O2S/c1-4-5-9(3)16-14(18)10-11(17-19-13(10)15)12-8(2)6-7-20-12/h6-7,9H,4-5,15H2,1-3H3,(H,16,18). The number of aromatic nitrogens is 1. The average molecular weight is 293 g/mol. The molecule has 20 heavy (non-hydrogen) atoms. The van der Waals surface area contributed by atoms with E-state index in [2.05, 4.69) is 17.4 Å². The van der Waals surface area contributed by atoms with Crippen molar-refractivity contribution < 1.29 is 9.32 Å². The third-order valence-corrected chi connectivity index (χ3v) is 4.15. The van der Waals surface area contributed by atoms with Crippen LogP contribution in [-0.2, 0) is 0 Å². The number of hydrogen-bond acceptors (Lipinski definition) is 5. The molecule has 2 aromatic heterocycles. The summed E-state index contributed by atoms with van der Waals surface area (Å²) in [5.41, 5.74) is 7.67. The molecule has 0 fully saturated rings. The highest BCUT2D eigenvalue weighted by atomic mass is 32.1. The minimum atomic E-state index is -0.229. The summed E-state index contributed by atoms with van der Waals surface area (Å²) in [5, 5.41) is 8.83. The van der Waals surface area contributed by atoms with E-state index in [0.717, 1.165) is 23.3 Å². The van der Waals surface area contributed by atoms with Crippen LogP contribution in [0.15, 0.2) is 16.0 Å². The van der Waals surface area contributed by atoms with Crippen molar-refractivity contribution in [2.45, 2.75) is 39.7 Å². The molecule has 6 heteroatoms. The Morgan fingerprint density at radius 3 is 2.95 bits per heavy atom. The van der Waals surface area contributed by atoms with Crippen LogP contribution in [0.1, 0.15) is 42.6 Å². The van der Waals surface area contributed by atoms with Crippen LogP contribution in [0.2, 0.25) is 0 Å². The molecule has 2 aromatic rings. The number of anilines is 1. The monoisotopic (exact) mass is 293 g/mol. The van der Waals surface area contributed by atoms with Gasteiger partial charge in [0, 0.05) is 6.04 Å². The number of carbonyl (C=O) groups is 1. The minimum absolute atomic E-state index is 0.0639. The molecular formula is C14H19N3O2S. The molecule has 5 nitrogen and oxygen atoms in total. The maximum absolute atomic E-state index is 12.4. The fraction of sp³-hybridized carbons (Fsp3) is 0.429. The van der Waals surface area contributed by atoms with Crippen LogP contribution in [-0.4, -0.2) is 17.1 Å². The lowest BCUT2D eigenvalue weighted by Crippen LogP contribution is -2.32. The van der Waals surface area contributed by atoms with E-state index >= 15 is 0 Å². The number of nitrogens with zero attached hydrogens (tertiary/aromatic N) is 1. The number of hydrogen-bond donors (Lipinski definition) is 2.